The fraction of sp³-hybridized carbons (Fsp3) is 0.474. The maximum atomic E-state index is 12.7. The van der Waals surface area contributed by atoms with Crippen LogP contribution >= 0.6 is 11.6 Å². The van der Waals surface area contributed by atoms with Crippen molar-refractivity contribution >= 4 is 23.2 Å². The summed E-state index contributed by atoms with van der Waals surface area (Å²) in [4.78, 5) is 12.7. The van der Waals surface area contributed by atoms with E-state index in [9.17, 15) is 18.0 Å². The minimum absolute atomic E-state index is 0.0400. The van der Waals surface area contributed by atoms with Crippen LogP contribution in [0.4, 0.5) is 18.9 Å². The summed E-state index contributed by atoms with van der Waals surface area (Å²) in [6.07, 6.45) is -4.50. The number of nitrogens with zero attached hydrogens (tertiary/aromatic N) is 2. The van der Waals surface area contributed by atoms with E-state index >= 15 is 0 Å². The van der Waals surface area contributed by atoms with Crippen molar-refractivity contribution in [2.75, 3.05) is 11.9 Å². The molecule has 9 heteroatoms. The monoisotopic (exact) mass is 417 g/mol. The maximum absolute atomic E-state index is 12.7. The highest BCUT2D eigenvalue weighted by atomic mass is 35.5. The smallest absolute Gasteiger partial charge is 0.422 e. The number of halogens is 4. The third-order valence-corrected chi connectivity index (χ3v) is 4.01. The molecule has 0 spiro atoms. The van der Waals surface area contributed by atoms with Gasteiger partial charge in [0.25, 0.3) is 5.91 Å². The van der Waals surface area contributed by atoms with Crippen molar-refractivity contribution in [3.05, 3.63) is 40.7 Å². The van der Waals surface area contributed by atoms with Gasteiger partial charge in [-0.05, 0) is 51.0 Å². The first kappa shape index (κ1) is 22.1. The van der Waals surface area contributed by atoms with Gasteiger partial charge in [0.1, 0.15) is 5.75 Å². The molecular formula is C19H23ClF3N3O2. The molecule has 28 heavy (non-hydrogen) atoms. The highest BCUT2D eigenvalue weighted by Crippen LogP contribution is 2.30. The van der Waals surface area contributed by atoms with Crippen molar-refractivity contribution < 1.29 is 22.7 Å². The number of carbonyl (C=O) groups is 1. The molecule has 0 aliphatic heterocycles. The van der Waals surface area contributed by atoms with Crippen LogP contribution in [0.2, 0.25) is 5.02 Å². The van der Waals surface area contributed by atoms with Gasteiger partial charge in [0.15, 0.2) is 12.3 Å². The summed E-state index contributed by atoms with van der Waals surface area (Å²) in [6, 6.07) is 5.66. The lowest BCUT2D eigenvalue weighted by Crippen LogP contribution is -2.26. The Balaban J connectivity index is 2.31. The second kappa shape index (κ2) is 8.03. The third kappa shape index (κ3) is 5.64. The third-order valence-electron chi connectivity index (χ3n) is 3.78. The molecule has 154 valence electrons. The lowest BCUT2D eigenvalue weighted by Gasteiger charge is -2.23. The summed E-state index contributed by atoms with van der Waals surface area (Å²) in [5, 5.41) is 7.18. The highest BCUT2D eigenvalue weighted by Gasteiger charge is 2.29. The van der Waals surface area contributed by atoms with Crippen LogP contribution in [0.1, 0.15) is 56.7 Å². The molecule has 5 nitrogen and oxygen atoms in total. The number of hydrogen-bond donors (Lipinski definition) is 1. The van der Waals surface area contributed by atoms with Gasteiger partial charge in [-0.15, -0.1) is 0 Å². The van der Waals surface area contributed by atoms with Gasteiger partial charge in [-0.2, -0.15) is 18.3 Å². The van der Waals surface area contributed by atoms with Gasteiger partial charge < -0.3 is 10.1 Å². The first-order chi connectivity index (χ1) is 12.8. The molecule has 0 aliphatic rings. The van der Waals surface area contributed by atoms with Crippen LogP contribution < -0.4 is 10.1 Å². The lowest BCUT2D eigenvalue weighted by atomic mass is 10.1. The van der Waals surface area contributed by atoms with E-state index in [0.29, 0.717) is 0 Å². The topological polar surface area (TPSA) is 56.1 Å². The van der Waals surface area contributed by atoms with Gasteiger partial charge in [0, 0.05) is 10.7 Å². The zero-order chi connectivity index (χ0) is 21.3. The molecule has 1 aromatic heterocycles. The molecule has 2 rings (SSSR count). The zero-order valence-electron chi connectivity index (χ0n) is 16.3. The summed E-state index contributed by atoms with van der Waals surface area (Å²) >= 11 is 5.92. The Labute approximate surface area is 166 Å². The minimum Gasteiger partial charge on any atom is -0.482 e. The highest BCUT2D eigenvalue weighted by molar-refractivity contribution is 6.31. The Kier molecular flexibility index (Phi) is 6.33. The summed E-state index contributed by atoms with van der Waals surface area (Å²) in [7, 11) is 0. The molecule has 0 unspecified atom stereocenters. The van der Waals surface area contributed by atoms with Crippen LogP contribution in [0.25, 0.3) is 0 Å². The number of anilines is 1. The van der Waals surface area contributed by atoms with E-state index in [0.717, 1.165) is 5.69 Å². The number of nitrogens with one attached hydrogen (secondary N) is 1. The number of ether oxygens (including phenoxy) is 1. The van der Waals surface area contributed by atoms with Crippen molar-refractivity contribution in [2.45, 2.75) is 52.3 Å². The van der Waals surface area contributed by atoms with E-state index in [1.165, 1.54) is 18.2 Å². The Morgan fingerprint density at radius 1 is 1.25 bits per heavy atom. The standard InChI is InChI=1S/C19H23ClF3N3O2/c1-11(2)15-9-14(25-26(15)18(3,4)5)17(27)24-13-8-12(20)6-7-16(13)28-10-19(21,22)23/h6-9,11H,10H2,1-5H3,(H,24,27). The normalized spacial score (nSPS) is 12.4. The molecule has 1 amide bonds. The summed E-state index contributed by atoms with van der Waals surface area (Å²) in [5.41, 5.74) is 0.727. The molecule has 1 N–H and O–H groups in total. The molecule has 0 fully saturated rings. The number of alkyl halides is 3. The number of hydrogen-bond acceptors (Lipinski definition) is 3. The van der Waals surface area contributed by atoms with Gasteiger partial charge in [-0.25, -0.2) is 0 Å². The second-order valence-corrected chi connectivity index (χ2v) is 8.13. The second-order valence-electron chi connectivity index (χ2n) is 7.69. The van der Waals surface area contributed by atoms with Crippen molar-refractivity contribution in [3.8, 4) is 5.75 Å². The first-order valence-corrected chi connectivity index (χ1v) is 9.06. The Morgan fingerprint density at radius 2 is 1.89 bits per heavy atom. The zero-order valence-corrected chi connectivity index (χ0v) is 17.1. The molecule has 2 aromatic rings. The summed E-state index contributed by atoms with van der Waals surface area (Å²) in [5.74, 6) is -0.566. The van der Waals surface area contributed by atoms with Gasteiger partial charge in [-0.1, -0.05) is 25.4 Å². The summed E-state index contributed by atoms with van der Waals surface area (Å²) < 4.78 is 43.9. The van der Waals surface area contributed by atoms with E-state index in [1.54, 1.807) is 10.7 Å². The Bertz CT molecular complexity index is 855. The average Bonchev–Trinajstić information content (AvgIpc) is 2.99. The van der Waals surface area contributed by atoms with Crippen LogP contribution in [0, 0.1) is 0 Å². The van der Waals surface area contributed by atoms with Crippen LogP contribution in [0.5, 0.6) is 5.75 Å². The Hall–Kier alpha value is -2.22. The number of benzene rings is 1. The number of aromatic nitrogens is 2. The van der Waals surface area contributed by atoms with E-state index in [2.05, 4.69) is 10.4 Å². The summed E-state index contributed by atoms with van der Waals surface area (Å²) in [6.45, 7) is 8.39. The lowest BCUT2D eigenvalue weighted by molar-refractivity contribution is -0.153. The van der Waals surface area contributed by atoms with Crippen LogP contribution in [0.3, 0.4) is 0 Å². The SMILES string of the molecule is CC(C)c1cc(C(=O)Nc2cc(Cl)ccc2OCC(F)(F)F)nn1C(C)(C)C. The molecule has 0 radical (unpaired) electrons. The predicted octanol–water partition coefficient (Wildman–Crippen LogP) is 5.61. The molecule has 0 saturated heterocycles. The van der Waals surface area contributed by atoms with Crippen LogP contribution in [0.15, 0.2) is 24.3 Å². The van der Waals surface area contributed by atoms with Gasteiger partial charge in [0.05, 0.1) is 11.2 Å². The fourth-order valence-electron chi connectivity index (χ4n) is 2.53. The van der Waals surface area contributed by atoms with Crippen molar-refractivity contribution in [3.63, 3.8) is 0 Å². The number of rotatable bonds is 5. The predicted molar refractivity (Wildman–Crippen MR) is 102 cm³/mol. The molecule has 1 heterocycles. The van der Waals surface area contributed by atoms with Crippen molar-refractivity contribution in [1.82, 2.24) is 9.78 Å². The van der Waals surface area contributed by atoms with E-state index in [1.807, 2.05) is 34.6 Å². The first-order valence-electron chi connectivity index (χ1n) is 8.69. The fourth-order valence-corrected chi connectivity index (χ4v) is 2.70. The maximum Gasteiger partial charge on any atom is 0.422 e. The quantitative estimate of drug-likeness (QED) is 0.688. The largest absolute Gasteiger partial charge is 0.482 e. The number of carbonyl (C=O) groups excluding carboxylic acids is 1. The molecule has 0 saturated carbocycles. The van der Waals surface area contributed by atoms with E-state index < -0.39 is 18.7 Å². The van der Waals surface area contributed by atoms with E-state index in [4.69, 9.17) is 16.3 Å². The molecular weight excluding hydrogens is 395 g/mol. The van der Waals surface area contributed by atoms with Crippen molar-refractivity contribution in [2.24, 2.45) is 0 Å². The minimum atomic E-state index is -4.50. The van der Waals surface area contributed by atoms with Gasteiger partial charge >= 0.3 is 6.18 Å². The number of amides is 1. The molecule has 0 aliphatic carbocycles. The van der Waals surface area contributed by atoms with E-state index in [-0.39, 0.29) is 33.6 Å². The van der Waals surface area contributed by atoms with Gasteiger partial charge in [0.2, 0.25) is 0 Å². The van der Waals surface area contributed by atoms with Crippen LogP contribution in [-0.4, -0.2) is 28.5 Å². The molecule has 1 aromatic carbocycles. The van der Waals surface area contributed by atoms with Gasteiger partial charge in [-0.3, -0.25) is 9.48 Å². The van der Waals surface area contributed by atoms with Crippen molar-refractivity contribution in [1.29, 1.82) is 0 Å². The Morgan fingerprint density at radius 3 is 2.39 bits per heavy atom. The molecule has 0 atom stereocenters. The average molecular weight is 418 g/mol. The van der Waals surface area contributed by atoms with Crippen LogP contribution in [-0.2, 0) is 5.54 Å². The molecule has 0 bridgehead atoms.